The van der Waals surface area contributed by atoms with Gasteiger partial charge in [-0.3, -0.25) is 4.79 Å². The first-order valence-corrected chi connectivity index (χ1v) is 5.74. The van der Waals surface area contributed by atoms with Crippen LogP contribution in [0.15, 0.2) is 18.2 Å². The van der Waals surface area contributed by atoms with Crippen molar-refractivity contribution in [2.24, 2.45) is 5.92 Å². The minimum Gasteiger partial charge on any atom is -0.496 e. The summed E-state index contributed by atoms with van der Waals surface area (Å²) >= 11 is 0. The third kappa shape index (κ3) is 2.38. The zero-order valence-corrected chi connectivity index (χ0v) is 10.4. The van der Waals surface area contributed by atoms with E-state index in [1.165, 1.54) is 13.2 Å². The highest BCUT2D eigenvalue weighted by molar-refractivity contribution is 5.98. The molecule has 0 aromatic heterocycles. The second kappa shape index (κ2) is 5.02. The highest BCUT2D eigenvalue weighted by Crippen LogP contribution is 2.30. The minimum absolute atomic E-state index is 0.0615. The molecule has 0 bridgehead atoms. The number of amides is 1. The quantitative estimate of drug-likeness (QED) is 0.833. The number of anilines is 1. The summed E-state index contributed by atoms with van der Waals surface area (Å²) < 4.78 is 5.04. The van der Waals surface area contributed by atoms with Gasteiger partial charge in [0.05, 0.1) is 7.11 Å². The van der Waals surface area contributed by atoms with Gasteiger partial charge < -0.3 is 14.7 Å². The van der Waals surface area contributed by atoms with Crippen molar-refractivity contribution in [3.8, 4) is 18.1 Å². The summed E-state index contributed by atoms with van der Waals surface area (Å²) in [5.74, 6) is 1.56. The first-order valence-electron chi connectivity index (χ1n) is 5.74. The molecule has 1 aliphatic heterocycles. The summed E-state index contributed by atoms with van der Waals surface area (Å²) in [5, 5.41) is 9.00. The average Bonchev–Trinajstić information content (AvgIpc) is 2.79. The molecule has 1 N–H and O–H groups in total. The Morgan fingerprint density at radius 2 is 2.32 bits per heavy atom. The monoisotopic (exact) mass is 259 g/mol. The Hall–Kier alpha value is -2.48. The van der Waals surface area contributed by atoms with E-state index in [0.717, 1.165) is 0 Å². The maximum absolute atomic E-state index is 11.8. The summed E-state index contributed by atoms with van der Waals surface area (Å²) in [6.07, 6.45) is 5.64. The largest absolute Gasteiger partial charge is 0.496 e. The van der Waals surface area contributed by atoms with Crippen LogP contribution in [-0.2, 0) is 4.79 Å². The molecule has 0 radical (unpaired) electrons. The third-order valence-corrected chi connectivity index (χ3v) is 3.09. The summed E-state index contributed by atoms with van der Waals surface area (Å²) in [6, 6.07) is 4.55. The van der Waals surface area contributed by atoms with Crippen molar-refractivity contribution in [2.45, 2.75) is 6.42 Å². The van der Waals surface area contributed by atoms with E-state index in [1.807, 2.05) is 0 Å². The van der Waals surface area contributed by atoms with Crippen LogP contribution in [0.25, 0.3) is 0 Å². The Kier molecular flexibility index (Phi) is 3.43. The number of carbonyl (C=O) groups is 2. The molecule has 1 aromatic carbocycles. The van der Waals surface area contributed by atoms with Crippen LogP contribution >= 0.6 is 0 Å². The maximum Gasteiger partial charge on any atom is 0.339 e. The Balaban J connectivity index is 2.35. The third-order valence-electron chi connectivity index (χ3n) is 3.09. The molecule has 19 heavy (non-hydrogen) atoms. The molecule has 5 nitrogen and oxygen atoms in total. The number of hydrogen-bond acceptors (Lipinski definition) is 3. The van der Waals surface area contributed by atoms with Crippen LogP contribution in [-0.4, -0.2) is 30.6 Å². The molecular formula is C14H13NO4. The van der Waals surface area contributed by atoms with E-state index in [-0.39, 0.29) is 23.1 Å². The Bertz CT molecular complexity index is 573. The number of aromatic carboxylic acids is 1. The van der Waals surface area contributed by atoms with E-state index in [2.05, 4.69) is 5.92 Å². The second-order valence-electron chi connectivity index (χ2n) is 4.26. The molecule has 2 rings (SSSR count). The van der Waals surface area contributed by atoms with Gasteiger partial charge in [-0.1, -0.05) is 0 Å². The van der Waals surface area contributed by atoms with Gasteiger partial charge in [0.1, 0.15) is 11.3 Å². The highest BCUT2D eigenvalue weighted by Gasteiger charge is 2.30. The molecule has 0 spiro atoms. The van der Waals surface area contributed by atoms with Crippen molar-refractivity contribution in [2.75, 3.05) is 18.6 Å². The van der Waals surface area contributed by atoms with Crippen molar-refractivity contribution in [3.05, 3.63) is 23.8 Å². The van der Waals surface area contributed by atoms with Gasteiger partial charge in [-0.25, -0.2) is 4.79 Å². The Morgan fingerprint density at radius 3 is 2.84 bits per heavy atom. The molecule has 0 aliphatic carbocycles. The number of ether oxygens (including phenoxy) is 1. The van der Waals surface area contributed by atoms with Gasteiger partial charge in [0.25, 0.3) is 0 Å². The minimum atomic E-state index is -1.07. The first-order chi connectivity index (χ1) is 9.06. The molecule has 1 aromatic rings. The van der Waals surface area contributed by atoms with Crippen LogP contribution in [0.2, 0.25) is 0 Å². The SMILES string of the molecule is C#CC1CC(=O)N(c2ccc(C(=O)O)c(OC)c2)C1. The zero-order chi connectivity index (χ0) is 14.0. The van der Waals surface area contributed by atoms with Crippen molar-refractivity contribution < 1.29 is 19.4 Å². The number of terminal acetylenes is 1. The fraction of sp³-hybridized carbons (Fsp3) is 0.286. The van der Waals surface area contributed by atoms with E-state index >= 15 is 0 Å². The maximum atomic E-state index is 11.8. The van der Waals surface area contributed by atoms with Crippen molar-refractivity contribution >= 4 is 17.6 Å². The number of carboxylic acids is 1. The lowest BCUT2D eigenvalue weighted by molar-refractivity contribution is -0.117. The normalized spacial score (nSPS) is 18.2. The number of rotatable bonds is 3. The van der Waals surface area contributed by atoms with Gasteiger partial charge in [0, 0.05) is 30.6 Å². The molecule has 5 heteroatoms. The van der Waals surface area contributed by atoms with Crippen LogP contribution in [0.1, 0.15) is 16.8 Å². The van der Waals surface area contributed by atoms with Gasteiger partial charge in [-0.15, -0.1) is 12.3 Å². The fourth-order valence-electron chi connectivity index (χ4n) is 2.09. The van der Waals surface area contributed by atoms with Crippen molar-refractivity contribution in [3.63, 3.8) is 0 Å². The summed E-state index contributed by atoms with van der Waals surface area (Å²) in [7, 11) is 1.39. The van der Waals surface area contributed by atoms with Gasteiger partial charge in [0.15, 0.2) is 0 Å². The topological polar surface area (TPSA) is 66.8 Å². The molecule has 98 valence electrons. The van der Waals surface area contributed by atoms with Crippen LogP contribution < -0.4 is 9.64 Å². The highest BCUT2D eigenvalue weighted by atomic mass is 16.5. The lowest BCUT2D eigenvalue weighted by atomic mass is 10.1. The number of methoxy groups -OCH3 is 1. The second-order valence-corrected chi connectivity index (χ2v) is 4.26. The number of nitrogens with zero attached hydrogens (tertiary/aromatic N) is 1. The molecule has 1 amide bonds. The van der Waals surface area contributed by atoms with Gasteiger partial charge in [-0.05, 0) is 12.1 Å². The zero-order valence-electron chi connectivity index (χ0n) is 10.4. The van der Waals surface area contributed by atoms with Crippen LogP contribution in [0.3, 0.4) is 0 Å². The molecule has 1 aliphatic rings. The van der Waals surface area contributed by atoms with Crippen molar-refractivity contribution in [1.29, 1.82) is 0 Å². The van der Waals surface area contributed by atoms with Gasteiger partial charge >= 0.3 is 5.97 Å². The predicted octanol–water partition coefficient (Wildman–Crippen LogP) is 1.38. The van der Waals surface area contributed by atoms with Crippen LogP contribution in [0.4, 0.5) is 5.69 Å². The van der Waals surface area contributed by atoms with E-state index in [9.17, 15) is 9.59 Å². The lowest BCUT2D eigenvalue weighted by Gasteiger charge is -2.17. The number of benzene rings is 1. The van der Waals surface area contributed by atoms with Gasteiger partial charge in [0.2, 0.25) is 5.91 Å². The van der Waals surface area contributed by atoms with Gasteiger partial charge in [-0.2, -0.15) is 0 Å². The standard InChI is InChI=1S/C14H13NO4/c1-3-9-6-13(16)15(8-9)10-4-5-11(14(17)18)12(7-10)19-2/h1,4-5,7,9H,6,8H2,2H3,(H,17,18). The Labute approximate surface area is 110 Å². The number of carbonyl (C=O) groups excluding carboxylic acids is 1. The molecular weight excluding hydrogens is 246 g/mol. The summed E-state index contributed by atoms with van der Waals surface area (Å²) in [5.41, 5.74) is 0.663. The van der Waals surface area contributed by atoms with Crippen molar-refractivity contribution in [1.82, 2.24) is 0 Å². The molecule has 1 fully saturated rings. The smallest absolute Gasteiger partial charge is 0.339 e. The average molecular weight is 259 g/mol. The molecule has 1 saturated heterocycles. The van der Waals surface area contributed by atoms with Crippen LogP contribution in [0.5, 0.6) is 5.75 Å². The number of hydrogen-bond donors (Lipinski definition) is 1. The fourth-order valence-corrected chi connectivity index (χ4v) is 2.09. The van der Waals surface area contributed by atoms with E-state index in [1.54, 1.807) is 17.0 Å². The predicted molar refractivity (Wildman–Crippen MR) is 69.2 cm³/mol. The molecule has 1 atom stereocenters. The number of carboxylic acid groups (broad SMARTS) is 1. The van der Waals surface area contributed by atoms with Crippen LogP contribution in [0, 0.1) is 18.3 Å². The summed E-state index contributed by atoms with van der Waals surface area (Å²) in [6.45, 7) is 0.449. The Morgan fingerprint density at radius 1 is 1.58 bits per heavy atom. The molecule has 1 heterocycles. The van der Waals surface area contributed by atoms with E-state index in [0.29, 0.717) is 18.7 Å². The van der Waals surface area contributed by atoms with E-state index in [4.69, 9.17) is 16.3 Å². The molecule has 1 unspecified atom stereocenters. The van der Waals surface area contributed by atoms with E-state index < -0.39 is 5.97 Å². The molecule has 0 saturated carbocycles. The lowest BCUT2D eigenvalue weighted by Crippen LogP contribution is -2.24. The first kappa shape index (κ1) is 13.0. The summed E-state index contributed by atoms with van der Waals surface area (Å²) in [4.78, 5) is 24.4.